The normalized spacial score (nSPS) is 16.6. The number of pyridine rings is 1. The summed E-state index contributed by atoms with van der Waals surface area (Å²) >= 11 is 0. The molecule has 1 aromatic heterocycles. The van der Waals surface area contributed by atoms with Gasteiger partial charge in [0.1, 0.15) is 11.4 Å². The Morgan fingerprint density at radius 2 is 2.05 bits per heavy atom. The Morgan fingerprint density at radius 3 is 2.55 bits per heavy atom. The second kappa shape index (κ2) is 4.96. The van der Waals surface area contributed by atoms with Crippen LogP contribution in [0.4, 0.5) is 19.0 Å². The van der Waals surface area contributed by atoms with Crippen molar-refractivity contribution in [3.05, 3.63) is 23.4 Å². The van der Waals surface area contributed by atoms with Crippen molar-refractivity contribution < 1.29 is 18.0 Å². The molecule has 4 nitrogen and oxygen atoms in total. The molecule has 1 saturated carbocycles. The maximum absolute atomic E-state index is 12.8. The minimum absolute atomic E-state index is 0.0631. The number of amides is 1. The number of rotatable bonds is 4. The summed E-state index contributed by atoms with van der Waals surface area (Å²) in [5.41, 5.74) is -1.28. The summed E-state index contributed by atoms with van der Waals surface area (Å²) in [7, 11) is 0. The molecular formula is C13H16F3N3O. The van der Waals surface area contributed by atoms with Gasteiger partial charge in [-0.3, -0.25) is 4.79 Å². The molecule has 1 amide bonds. The van der Waals surface area contributed by atoms with Gasteiger partial charge in [-0.1, -0.05) is 0 Å². The predicted octanol–water partition coefficient (Wildman–Crippen LogP) is 2.65. The van der Waals surface area contributed by atoms with Crippen LogP contribution in [0, 0.1) is 6.92 Å². The minimum atomic E-state index is -4.41. The Bertz CT molecular complexity index is 524. The van der Waals surface area contributed by atoms with Crippen LogP contribution in [0.1, 0.15) is 35.8 Å². The number of aryl methyl sites for hydroxylation is 1. The average molecular weight is 287 g/mol. The van der Waals surface area contributed by atoms with Crippen LogP contribution in [0.5, 0.6) is 0 Å². The second-order valence-corrected chi connectivity index (χ2v) is 4.95. The SMILES string of the molecule is CCNc1cc(C(=O)NC2(C(F)(F)F)CC2)cc(C)n1. The van der Waals surface area contributed by atoms with Gasteiger partial charge < -0.3 is 10.6 Å². The number of hydrogen-bond donors (Lipinski definition) is 2. The third-order valence-corrected chi connectivity index (χ3v) is 3.22. The quantitative estimate of drug-likeness (QED) is 0.895. The lowest BCUT2D eigenvalue weighted by Gasteiger charge is -2.21. The molecule has 0 aliphatic heterocycles. The van der Waals surface area contributed by atoms with Gasteiger partial charge in [0, 0.05) is 17.8 Å². The van der Waals surface area contributed by atoms with Crippen LogP contribution in [-0.2, 0) is 0 Å². The molecule has 0 saturated heterocycles. The van der Waals surface area contributed by atoms with Gasteiger partial charge in [-0.2, -0.15) is 13.2 Å². The van der Waals surface area contributed by atoms with Gasteiger partial charge in [-0.25, -0.2) is 4.98 Å². The fourth-order valence-corrected chi connectivity index (χ4v) is 1.97. The molecule has 20 heavy (non-hydrogen) atoms. The molecule has 1 aliphatic carbocycles. The molecule has 110 valence electrons. The smallest absolute Gasteiger partial charge is 0.370 e. The first-order valence-electron chi connectivity index (χ1n) is 6.39. The van der Waals surface area contributed by atoms with E-state index >= 15 is 0 Å². The van der Waals surface area contributed by atoms with Gasteiger partial charge in [0.15, 0.2) is 0 Å². The highest BCUT2D eigenvalue weighted by molar-refractivity contribution is 5.95. The first-order valence-corrected chi connectivity index (χ1v) is 6.39. The third kappa shape index (κ3) is 2.86. The lowest BCUT2D eigenvalue weighted by Crippen LogP contribution is -2.47. The fraction of sp³-hybridized carbons (Fsp3) is 0.538. The number of nitrogens with one attached hydrogen (secondary N) is 2. The molecule has 7 heteroatoms. The maximum Gasteiger partial charge on any atom is 0.411 e. The summed E-state index contributed by atoms with van der Waals surface area (Å²) in [4.78, 5) is 16.1. The second-order valence-electron chi connectivity index (χ2n) is 4.95. The van der Waals surface area contributed by atoms with E-state index in [9.17, 15) is 18.0 Å². The highest BCUT2D eigenvalue weighted by Crippen LogP contribution is 2.49. The molecule has 1 heterocycles. The third-order valence-electron chi connectivity index (χ3n) is 3.22. The molecule has 0 unspecified atom stereocenters. The highest BCUT2D eigenvalue weighted by atomic mass is 19.4. The predicted molar refractivity (Wildman–Crippen MR) is 68.6 cm³/mol. The van der Waals surface area contributed by atoms with Crippen molar-refractivity contribution in [1.29, 1.82) is 0 Å². The monoisotopic (exact) mass is 287 g/mol. The number of aromatic nitrogens is 1. The standard InChI is InChI=1S/C13H16F3N3O/c1-3-17-10-7-9(6-8(2)18-10)11(20)19-12(4-5-12)13(14,15)16/h6-7H,3-5H2,1-2H3,(H,17,18)(H,19,20). The van der Waals surface area contributed by atoms with Gasteiger partial charge in [-0.05, 0) is 38.8 Å². The summed E-state index contributed by atoms with van der Waals surface area (Å²) in [6.45, 7) is 4.17. The zero-order chi connectivity index (χ0) is 15.0. The van der Waals surface area contributed by atoms with Crippen molar-refractivity contribution in [3.8, 4) is 0 Å². The van der Waals surface area contributed by atoms with Crippen molar-refractivity contribution >= 4 is 11.7 Å². The van der Waals surface area contributed by atoms with Gasteiger partial charge in [-0.15, -0.1) is 0 Å². The van der Waals surface area contributed by atoms with Crippen LogP contribution < -0.4 is 10.6 Å². The van der Waals surface area contributed by atoms with E-state index in [1.807, 2.05) is 6.92 Å². The Hall–Kier alpha value is -1.79. The lowest BCUT2D eigenvalue weighted by molar-refractivity contribution is -0.163. The van der Waals surface area contributed by atoms with Crippen LogP contribution in [0.2, 0.25) is 0 Å². The van der Waals surface area contributed by atoms with E-state index in [1.54, 1.807) is 6.92 Å². The van der Waals surface area contributed by atoms with Gasteiger partial charge in [0.05, 0.1) is 0 Å². The van der Waals surface area contributed by atoms with E-state index in [1.165, 1.54) is 12.1 Å². The number of carbonyl (C=O) groups is 1. The van der Waals surface area contributed by atoms with Crippen molar-refractivity contribution in [1.82, 2.24) is 10.3 Å². The van der Waals surface area contributed by atoms with Crippen LogP contribution in [0.15, 0.2) is 12.1 Å². The van der Waals surface area contributed by atoms with Crippen LogP contribution in [0.3, 0.4) is 0 Å². The molecule has 0 aromatic carbocycles. The van der Waals surface area contributed by atoms with Gasteiger partial charge in [0.2, 0.25) is 0 Å². The molecule has 0 atom stereocenters. The van der Waals surface area contributed by atoms with Crippen LogP contribution in [0.25, 0.3) is 0 Å². The number of carbonyl (C=O) groups excluding carboxylic acids is 1. The zero-order valence-corrected chi connectivity index (χ0v) is 11.3. The fourth-order valence-electron chi connectivity index (χ4n) is 1.97. The van der Waals surface area contributed by atoms with Gasteiger partial charge in [0.25, 0.3) is 5.91 Å². The molecule has 1 aliphatic rings. The summed E-state index contributed by atoms with van der Waals surface area (Å²) in [5.74, 6) is -0.237. The largest absolute Gasteiger partial charge is 0.411 e. The van der Waals surface area contributed by atoms with E-state index < -0.39 is 17.6 Å². The number of halogens is 3. The number of anilines is 1. The van der Waals surface area contributed by atoms with E-state index in [0.29, 0.717) is 18.1 Å². The summed E-state index contributed by atoms with van der Waals surface area (Å²) in [6, 6.07) is 2.93. The summed E-state index contributed by atoms with van der Waals surface area (Å²) in [6.07, 6.45) is -4.53. The molecule has 0 radical (unpaired) electrons. The lowest BCUT2D eigenvalue weighted by atomic mass is 10.1. The van der Waals surface area contributed by atoms with Crippen LogP contribution >= 0.6 is 0 Å². The molecule has 2 N–H and O–H groups in total. The zero-order valence-electron chi connectivity index (χ0n) is 11.3. The Labute approximate surface area is 114 Å². The molecular weight excluding hydrogens is 271 g/mol. The van der Waals surface area contributed by atoms with E-state index in [-0.39, 0.29) is 18.4 Å². The molecule has 1 fully saturated rings. The number of nitrogens with zero attached hydrogens (tertiary/aromatic N) is 1. The van der Waals surface area contributed by atoms with E-state index in [0.717, 1.165) is 0 Å². The summed E-state index contributed by atoms with van der Waals surface area (Å²) in [5, 5.41) is 5.04. The number of hydrogen-bond acceptors (Lipinski definition) is 3. The maximum atomic E-state index is 12.8. The molecule has 2 rings (SSSR count). The first-order chi connectivity index (χ1) is 9.27. The Kier molecular flexibility index (Phi) is 3.62. The van der Waals surface area contributed by atoms with E-state index in [4.69, 9.17) is 0 Å². The van der Waals surface area contributed by atoms with Crippen molar-refractivity contribution in [3.63, 3.8) is 0 Å². The Balaban J connectivity index is 2.18. The molecule has 1 aromatic rings. The first kappa shape index (κ1) is 14.6. The molecule has 0 spiro atoms. The summed E-state index contributed by atoms with van der Waals surface area (Å²) < 4.78 is 38.4. The van der Waals surface area contributed by atoms with Crippen molar-refractivity contribution in [2.75, 3.05) is 11.9 Å². The van der Waals surface area contributed by atoms with Crippen molar-refractivity contribution in [2.24, 2.45) is 0 Å². The van der Waals surface area contributed by atoms with E-state index in [2.05, 4.69) is 15.6 Å². The molecule has 0 bridgehead atoms. The minimum Gasteiger partial charge on any atom is -0.370 e. The number of alkyl halides is 3. The van der Waals surface area contributed by atoms with Crippen LogP contribution in [-0.4, -0.2) is 29.2 Å². The van der Waals surface area contributed by atoms with Gasteiger partial charge >= 0.3 is 6.18 Å². The topological polar surface area (TPSA) is 54.0 Å². The average Bonchev–Trinajstić information content (AvgIpc) is 3.09. The highest BCUT2D eigenvalue weighted by Gasteiger charge is 2.64. The Morgan fingerprint density at radius 1 is 1.40 bits per heavy atom. The van der Waals surface area contributed by atoms with Crippen molar-refractivity contribution in [2.45, 2.75) is 38.4 Å².